The van der Waals surface area contributed by atoms with Gasteiger partial charge in [-0.05, 0) is 51.1 Å². The van der Waals surface area contributed by atoms with Gasteiger partial charge in [0.05, 0.1) is 0 Å². The van der Waals surface area contributed by atoms with Crippen LogP contribution in [0, 0.1) is 0 Å². The topological polar surface area (TPSA) is 27.8 Å². The first-order valence-electron chi connectivity index (χ1n) is 5.34. The molecule has 1 aromatic carbocycles. The van der Waals surface area contributed by atoms with Crippen LogP contribution in [0.25, 0.3) is 10.9 Å². The number of fused-ring (bicyclic) bond motifs is 1. The lowest BCUT2D eigenvalue weighted by molar-refractivity contribution is 1.16. The summed E-state index contributed by atoms with van der Waals surface area (Å²) in [5.41, 5.74) is 3.62. The third-order valence-electron chi connectivity index (χ3n) is 2.72. The first-order chi connectivity index (χ1) is 8.33. The van der Waals surface area contributed by atoms with Crippen molar-refractivity contribution in [1.82, 2.24) is 4.98 Å². The highest BCUT2D eigenvalue weighted by molar-refractivity contribution is 9.10. The monoisotopic (exact) mass is 306 g/mol. The highest BCUT2D eigenvalue weighted by atomic mass is 79.9. The Morgan fingerprint density at radius 2 is 2.18 bits per heavy atom. The van der Waals surface area contributed by atoms with E-state index in [0.29, 0.717) is 0 Å². The van der Waals surface area contributed by atoms with Gasteiger partial charge in [0.25, 0.3) is 0 Å². The number of aromatic amines is 1. The Bertz CT molecular complexity index is 641. The van der Waals surface area contributed by atoms with E-state index in [1.165, 1.54) is 20.9 Å². The molecule has 4 heteroatoms. The second kappa shape index (κ2) is 4.55. The fourth-order valence-corrected chi connectivity index (χ4v) is 3.24. The zero-order valence-corrected chi connectivity index (χ0v) is 11.4. The lowest BCUT2D eigenvalue weighted by Crippen LogP contribution is -1.98. The maximum Gasteiger partial charge on any atom is 0.0455 e. The smallest absolute Gasteiger partial charge is 0.0455 e. The van der Waals surface area contributed by atoms with Crippen molar-refractivity contribution in [3.8, 4) is 0 Å². The summed E-state index contributed by atoms with van der Waals surface area (Å²) in [7, 11) is 0. The zero-order chi connectivity index (χ0) is 11.7. The number of thiophene rings is 1. The molecule has 0 aliphatic heterocycles. The quantitative estimate of drug-likeness (QED) is 0.727. The molecule has 2 N–H and O–H groups in total. The number of rotatable bonds is 3. The number of nitrogens with one attached hydrogen (secondary N) is 2. The molecule has 0 aliphatic carbocycles. The fourth-order valence-electron chi connectivity index (χ4n) is 1.79. The normalized spacial score (nSPS) is 10.9. The van der Waals surface area contributed by atoms with E-state index < -0.39 is 0 Å². The van der Waals surface area contributed by atoms with Crippen molar-refractivity contribution in [2.45, 2.75) is 6.54 Å². The van der Waals surface area contributed by atoms with Crippen LogP contribution in [0.4, 0.5) is 5.69 Å². The SMILES string of the molecule is Brc1cscc1CNc1ccc2[nH]ccc2c1. The standard InChI is InChI=1S/C13H11BrN2S/c14-12-8-17-7-10(12)6-16-11-1-2-13-9(5-11)3-4-15-13/h1-5,7-8,15-16H,6H2. The maximum atomic E-state index is 3.54. The number of aromatic nitrogens is 1. The minimum absolute atomic E-state index is 0.847. The third kappa shape index (κ3) is 2.23. The van der Waals surface area contributed by atoms with Crippen LogP contribution in [-0.4, -0.2) is 4.98 Å². The third-order valence-corrected chi connectivity index (χ3v) is 4.56. The minimum Gasteiger partial charge on any atom is -0.381 e. The fraction of sp³-hybridized carbons (Fsp3) is 0.0769. The van der Waals surface area contributed by atoms with Gasteiger partial charge < -0.3 is 10.3 Å². The molecule has 2 heterocycles. The Morgan fingerprint density at radius 1 is 1.24 bits per heavy atom. The number of H-pyrrole nitrogens is 1. The predicted molar refractivity (Wildman–Crippen MR) is 77.6 cm³/mol. The van der Waals surface area contributed by atoms with Gasteiger partial charge >= 0.3 is 0 Å². The van der Waals surface area contributed by atoms with Gasteiger partial charge in [-0.15, -0.1) is 0 Å². The van der Waals surface area contributed by atoms with E-state index in [2.05, 4.69) is 61.3 Å². The van der Waals surface area contributed by atoms with E-state index in [4.69, 9.17) is 0 Å². The molecule has 2 nitrogen and oxygen atoms in total. The second-order valence-electron chi connectivity index (χ2n) is 3.88. The lowest BCUT2D eigenvalue weighted by Gasteiger charge is -2.05. The molecule has 0 saturated carbocycles. The van der Waals surface area contributed by atoms with Gasteiger partial charge in [0.1, 0.15) is 0 Å². The molecule has 0 aliphatic rings. The number of hydrogen-bond acceptors (Lipinski definition) is 2. The van der Waals surface area contributed by atoms with Crippen LogP contribution < -0.4 is 5.32 Å². The van der Waals surface area contributed by atoms with Crippen LogP contribution >= 0.6 is 27.3 Å². The van der Waals surface area contributed by atoms with Crippen molar-refractivity contribution in [2.24, 2.45) is 0 Å². The summed E-state index contributed by atoms with van der Waals surface area (Å²) in [6.07, 6.45) is 1.96. The van der Waals surface area contributed by atoms with Crippen LogP contribution in [0.15, 0.2) is 45.7 Å². The Balaban J connectivity index is 1.78. The van der Waals surface area contributed by atoms with Gasteiger partial charge in [-0.1, -0.05) is 0 Å². The molecular weight excluding hydrogens is 296 g/mol. The molecule has 2 aromatic heterocycles. The van der Waals surface area contributed by atoms with Gasteiger partial charge in [-0.3, -0.25) is 0 Å². The maximum absolute atomic E-state index is 3.54. The summed E-state index contributed by atoms with van der Waals surface area (Å²) < 4.78 is 1.18. The summed E-state index contributed by atoms with van der Waals surface area (Å²) in [6, 6.07) is 8.44. The van der Waals surface area contributed by atoms with Crippen molar-refractivity contribution >= 4 is 43.9 Å². The molecule has 17 heavy (non-hydrogen) atoms. The largest absolute Gasteiger partial charge is 0.381 e. The molecule has 0 bridgehead atoms. The van der Waals surface area contributed by atoms with Crippen molar-refractivity contribution in [3.05, 3.63) is 51.3 Å². The van der Waals surface area contributed by atoms with Crippen LogP contribution in [0.5, 0.6) is 0 Å². The zero-order valence-electron chi connectivity index (χ0n) is 9.03. The highest BCUT2D eigenvalue weighted by Crippen LogP contribution is 2.23. The summed E-state index contributed by atoms with van der Waals surface area (Å²) in [4.78, 5) is 3.19. The average Bonchev–Trinajstić information content (AvgIpc) is 2.94. The second-order valence-corrected chi connectivity index (χ2v) is 5.48. The predicted octanol–water partition coefficient (Wildman–Crippen LogP) is 4.60. The first-order valence-corrected chi connectivity index (χ1v) is 7.08. The van der Waals surface area contributed by atoms with Crippen LogP contribution in [0.2, 0.25) is 0 Å². The van der Waals surface area contributed by atoms with Crippen molar-refractivity contribution in [2.75, 3.05) is 5.32 Å². The molecule has 0 unspecified atom stereocenters. The number of hydrogen-bond donors (Lipinski definition) is 2. The summed E-state index contributed by atoms with van der Waals surface area (Å²) in [5.74, 6) is 0. The molecule has 3 aromatic rings. The molecule has 3 rings (SSSR count). The van der Waals surface area contributed by atoms with Gasteiger partial charge in [0.2, 0.25) is 0 Å². The average molecular weight is 307 g/mol. The number of anilines is 1. The molecule has 86 valence electrons. The highest BCUT2D eigenvalue weighted by Gasteiger charge is 2.01. The van der Waals surface area contributed by atoms with E-state index in [0.717, 1.165) is 12.2 Å². The first kappa shape index (κ1) is 10.9. The van der Waals surface area contributed by atoms with E-state index in [9.17, 15) is 0 Å². The molecule has 0 fully saturated rings. The molecule has 0 radical (unpaired) electrons. The molecule has 0 amide bonds. The summed E-state index contributed by atoms with van der Waals surface area (Å²) in [5, 5.41) is 8.93. The van der Waals surface area contributed by atoms with Crippen molar-refractivity contribution in [3.63, 3.8) is 0 Å². The van der Waals surface area contributed by atoms with Crippen molar-refractivity contribution < 1.29 is 0 Å². The molecule has 0 saturated heterocycles. The molecule has 0 spiro atoms. The minimum atomic E-state index is 0.847. The van der Waals surface area contributed by atoms with Crippen LogP contribution in [0.1, 0.15) is 5.56 Å². The van der Waals surface area contributed by atoms with E-state index in [1.807, 2.05) is 6.20 Å². The summed E-state index contributed by atoms with van der Waals surface area (Å²) >= 11 is 5.25. The van der Waals surface area contributed by atoms with Gasteiger partial charge in [-0.25, -0.2) is 0 Å². The lowest BCUT2D eigenvalue weighted by atomic mass is 10.2. The summed E-state index contributed by atoms with van der Waals surface area (Å²) in [6.45, 7) is 0.847. The Labute approximate surface area is 112 Å². The van der Waals surface area contributed by atoms with Crippen molar-refractivity contribution in [1.29, 1.82) is 0 Å². The Morgan fingerprint density at radius 3 is 3.00 bits per heavy atom. The van der Waals surface area contributed by atoms with Gasteiger partial charge in [0, 0.05) is 39.2 Å². The number of halogens is 1. The van der Waals surface area contributed by atoms with E-state index >= 15 is 0 Å². The Hall–Kier alpha value is -1.26. The van der Waals surface area contributed by atoms with Gasteiger partial charge in [-0.2, -0.15) is 11.3 Å². The van der Waals surface area contributed by atoms with E-state index in [-0.39, 0.29) is 0 Å². The Kier molecular flexibility index (Phi) is 2.91. The number of benzene rings is 1. The van der Waals surface area contributed by atoms with Gasteiger partial charge in [0.15, 0.2) is 0 Å². The molecular formula is C13H11BrN2S. The van der Waals surface area contributed by atoms with Crippen LogP contribution in [-0.2, 0) is 6.54 Å². The van der Waals surface area contributed by atoms with E-state index in [1.54, 1.807) is 11.3 Å². The van der Waals surface area contributed by atoms with Crippen LogP contribution in [0.3, 0.4) is 0 Å². The molecule has 0 atom stereocenters.